The summed E-state index contributed by atoms with van der Waals surface area (Å²) in [5, 5.41) is 2.64. The fraction of sp³-hybridized carbons (Fsp3) is 0.571. The number of pyridine rings is 1. The van der Waals surface area contributed by atoms with Crippen molar-refractivity contribution in [3.63, 3.8) is 0 Å². The molecule has 1 aromatic heterocycles. The molecule has 1 N–H and O–H groups in total. The molecule has 0 spiro atoms. The van der Waals surface area contributed by atoms with Gasteiger partial charge in [0, 0.05) is 12.7 Å². The molecule has 1 aromatic rings. The van der Waals surface area contributed by atoms with E-state index in [4.69, 9.17) is 4.74 Å². The van der Waals surface area contributed by atoms with Crippen molar-refractivity contribution in [2.24, 2.45) is 0 Å². The molecule has 19 heavy (non-hydrogen) atoms. The highest BCUT2D eigenvalue weighted by Gasteiger charge is 2.14. The maximum Gasteiger partial charge on any atom is 0.256 e. The van der Waals surface area contributed by atoms with Crippen LogP contribution in [-0.2, 0) is 4.74 Å². The van der Waals surface area contributed by atoms with Crippen molar-refractivity contribution in [1.82, 2.24) is 10.3 Å². The number of nitrogens with zero attached hydrogens (tertiary/aromatic N) is 1. The molecular formula is C14H19FN2O2. The first-order chi connectivity index (χ1) is 9.27. The second-order valence-electron chi connectivity index (χ2n) is 4.73. The number of rotatable bonds is 5. The minimum absolute atomic E-state index is 0.0276. The summed E-state index contributed by atoms with van der Waals surface area (Å²) < 4.78 is 18.9. The Balaban J connectivity index is 1.68. The molecular weight excluding hydrogens is 247 g/mol. The zero-order chi connectivity index (χ0) is 13.5. The number of halogens is 1. The van der Waals surface area contributed by atoms with Crippen LogP contribution < -0.4 is 5.32 Å². The van der Waals surface area contributed by atoms with Crippen LogP contribution in [0, 0.1) is 5.95 Å². The molecule has 1 aliphatic carbocycles. The first-order valence-corrected chi connectivity index (χ1v) is 6.77. The first kappa shape index (κ1) is 13.9. The lowest BCUT2D eigenvalue weighted by Crippen LogP contribution is -2.30. The Morgan fingerprint density at radius 1 is 1.42 bits per heavy atom. The summed E-state index contributed by atoms with van der Waals surface area (Å²) in [6.07, 6.45) is 7.57. The van der Waals surface area contributed by atoms with E-state index < -0.39 is 11.9 Å². The van der Waals surface area contributed by atoms with E-state index in [1.165, 1.54) is 37.6 Å². The maximum absolute atomic E-state index is 13.2. The SMILES string of the molecule is O=C(NCCOC1CCCCC1)c1cccnc1F. The third kappa shape index (κ3) is 4.28. The van der Waals surface area contributed by atoms with Gasteiger partial charge in [0.2, 0.25) is 5.95 Å². The quantitative estimate of drug-likeness (QED) is 0.657. The number of ether oxygens (including phenoxy) is 1. The van der Waals surface area contributed by atoms with Crippen molar-refractivity contribution >= 4 is 5.91 Å². The molecule has 0 bridgehead atoms. The summed E-state index contributed by atoms with van der Waals surface area (Å²) in [6.45, 7) is 0.863. The molecule has 1 amide bonds. The molecule has 4 nitrogen and oxygen atoms in total. The monoisotopic (exact) mass is 266 g/mol. The van der Waals surface area contributed by atoms with Crippen molar-refractivity contribution in [3.05, 3.63) is 29.8 Å². The zero-order valence-corrected chi connectivity index (χ0v) is 10.9. The number of hydrogen-bond donors (Lipinski definition) is 1. The predicted molar refractivity (Wildman–Crippen MR) is 69.4 cm³/mol. The molecule has 1 aliphatic rings. The molecule has 0 atom stereocenters. The van der Waals surface area contributed by atoms with Crippen LogP contribution in [0.3, 0.4) is 0 Å². The maximum atomic E-state index is 13.2. The topological polar surface area (TPSA) is 51.2 Å². The summed E-state index contributed by atoms with van der Waals surface area (Å²) in [7, 11) is 0. The summed E-state index contributed by atoms with van der Waals surface area (Å²) in [5.41, 5.74) is -0.0276. The Morgan fingerprint density at radius 3 is 2.95 bits per heavy atom. The minimum atomic E-state index is -0.742. The second-order valence-corrected chi connectivity index (χ2v) is 4.73. The molecule has 0 radical (unpaired) electrons. The van der Waals surface area contributed by atoms with Crippen LogP contribution in [0.15, 0.2) is 18.3 Å². The number of hydrogen-bond acceptors (Lipinski definition) is 3. The van der Waals surface area contributed by atoms with Gasteiger partial charge in [-0.15, -0.1) is 0 Å². The lowest BCUT2D eigenvalue weighted by molar-refractivity contribution is 0.0299. The number of carbonyl (C=O) groups is 1. The number of carbonyl (C=O) groups excluding carboxylic acids is 1. The fourth-order valence-electron chi connectivity index (χ4n) is 2.27. The van der Waals surface area contributed by atoms with Crippen molar-refractivity contribution in [2.75, 3.05) is 13.2 Å². The standard InChI is InChI=1S/C14H19FN2O2/c15-13-12(7-4-8-16-13)14(18)17-9-10-19-11-5-2-1-3-6-11/h4,7-8,11H,1-3,5-6,9-10H2,(H,17,18). The van der Waals surface area contributed by atoms with E-state index in [0.29, 0.717) is 19.3 Å². The van der Waals surface area contributed by atoms with Gasteiger partial charge in [-0.3, -0.25) is 4.79 Å². The van der Waals surface area contributed by atoms with E-state index in [9.17, 15) is 9.18 Å². The molecule has 0 aliphatic heterocycles. The van der Waals surface area contributed by atoms with E-state index in [1.54, 1.807) is 0 Å². The van der Waals surface area contributed by atoms with Crippen molar-refractivity contribution in [2.45, 2.75) is 38.2 Å². The first-order valence-electron chi connectivity index (χ1n) is 6.77. The van der Waals surface area contributed by atoms with Gasteiger partial charge < -0.3 is 10.1 Å². The second kappa shape index (κ2) is 7.19. The van der Waals surface area contributed by atoms with E-state index in [1.807, 2.05) is 0 Å². The molecule has 1 saturated carbocycles. The Morgan fingerprint density at radius 2 is 2.21 bits per heavy atom. The third-order valence-corrected chi connectivity index (χ3v) is 3.30. The molecule has 2 rings (SSSR count). The molecule has 1 heterocycles. The normalized spacial score (nSPS) is 16.3. The van der Waals surface area contributed by atoms with Crippen LogP contribution in [0.25, 0.3) is 0 Å². The lowest BCUT2D eigenvalue weighted by atomic mass is 9.98. The van der Waals surface area contributed by atoms with Gasteiger partial charge in [0.05, 0.1) is 18.3 Å². The van der Waals surface area contributed by atoms with Gasteiger partial charge in [0.1, 0.15) is 0 Å². The molecule has 5 heteroatoms. The van der Waals surface area contributed by atoms with Crippen LogP contribution in [0.5, 0.6) is 0 Å². The summed E-state index contributed by atoms with van der Waals surface area (Å²) in [6, 6.07) is 2.95. The molecule has 0 saturated heterocycles. The van der Waals surface area contributed by atoms with Gasteiger partial charge in [-0.05, 0) is 25.0 Å². The van der Waals surface area contributed by atoms with E-state index in [-0.39, 0.29) is 5.56 Å². The summed E-state index contributed by atoms with van der Waals surface area (Å²) >= 11 is 0. The Hall–Kier alpha value is -1.49. The van der Waals surface area contributed by atoms with Gasteiger partial charge in [-0.1, -0.05) is 19.3 Å². The summed E-state index contributed by atoms with van der Waals surface area (Å²) in [4.78, 5) is 15.1. The highest BCUT2D eigenvalue weighted by Crippen LogP contribution is 2.19. The third-order valence-electron chi connectivity index (χ3n) is 3.30. The van der Waals surface area contributed by atoms with Gasteiger partial charge in [0.15, 0.2) is 0 Å². The Labute approximate surface area is 112 Å². The van der Waals surface area contributed by atoms with E-state index in [2.05, 4.69) is 10.3 Å². The van der Waals surface area contributed by atoms with Crippen LogP contribution in [0.2, 0.25) is 0 Å². The number of nitrogens with one attached hydrogen (secondary N) is 1. The average molecular weight is 266 g/mol. The Bertz CT molecular complexity index is 420. The molecule has 104 valence electrons. The molecule has 0 unspecified atom stereocenters. The van der Waals surface area contributed by atoms with Gasteiger partial charge >= 0.3 is 0 Å². The van der Waals surface area contributed by atoms with Crippen molar-refractivity contribution < 1.29 is 13.9 Å². The smallest absolute Gasteiger partial charge is 0.256 e. The number of amides is 1. The number of aromatic nitrogens is 1. The van der Waals surface area contributed by atoms with Crippen LogP contribution in [0.4, 0.5) is 4.39 Å². The van der Waals surface area contributed by atoms with Gasteiger partial charge in [-0.25, -0.2) is 4.98 Å². The van der Waals surface area contributed by atoms with Gasteiger partial charge in [-0.2, -0.15) is 4.39 Å². The Kier molecular flexibility index (Phi) is 5.27. The van der Waals surface area contributed by atoms with Crippen LogP contribution in [0.1, 0.15) is 42.5 Å². The van der Waals surface area contributed by atoms with E-state index in [0.717, 1.165) is 12.8 Å². The predicted octanol–water partition coefficient (Wildman–Crippen LogP) is 2.30. The zero-order valence-electron chi connectivity index (χ0n) is 10.9. The lowest BCUT2D eigenvalue weighted by Gasteiger charge is -2.21. The molecule has 1 fully saturated rings. The summed E-state index contributed by atoms with van der Waals surface area (Å²) in [5.74, 6) is -1.19. The van der Waals surface area contributed by atoms with Crippen molar-refractivity contribution in [3.8, 4) is 0 Å². The van der Waals surface area contributed by atoms with Crippen LogP contribution in [-0.4, -0.2) is 30.1 Å². The minimum Gasteiger partial charge on any atom is -0.376 e. The highest BCUT2D eigenvalue weighted by atomic mass is 19.1. The highest BCUT2D eigenvalue weighted by molar-refractivity contribution is 5.94. The van der Waals surface area contributed by atoms with Gasteiger partial charge in [0.25, 0.3) is 5.91 Å². The fourth-order valence-corrected chi connectivity index (χ4v) is 2.27. The van der Waals surface area contributed by atoms with Crippen LogP contribution >= 0.6 is 0 Å². The van der Waals surface area contributed by atoms with Crippen molar-refractivity contribution in [1.29, 1.82) is 0 Å². The largest absolute Gasteiger partial charge is 0.376 e. The average Bonchev–Trinajstić information content (AvgIpc) is 2.45. The molecule has 0 aromatic carbocycles. The van der Waals surface area contributed by atoms with E-state index >= 15 is 0 Å².